The summed E-state index contributed by atoms with van der Waals surface area (Å²) in [6, 6.07) is 7.57. The van der Waals surface area contributed by atoms with Crippen molar-refractivity contribution < 1.29 is 4.79 Å². The molecule has 0 bridgehead atoms. The van der Waals surface area contributed by atoms with Crippen LogP contribution in [0, 0.1) is 0 Å². The Morgan fingerprint density at radius 2 is 2.23 bits per heavy atom. The molecule has 13 heavy (non-hydrogen) atoms. The molecule has 0 amide bonds. The van der Waals surface area contributed by atoms with E-state index in [-0.39, 0.29) is 6.04 Å². The summed E-state index contributed by atoms with van der Waals surface area (Å²) < 4.78 is 0. The smallest absolute Gasteiger partial charge is 0.211 e. The van der Waals surface area contributed by atoms with E-state index in [0.29, 0.717) is 0 Å². The van der Waals surface area contributed by atoms with Gasteiger partial charge in [0, 0.05) is 0 Å². The SMILES string of the molecule is C=Cc1ccccc1C(C)N=C=O. The molecule has 0 aliphatic rings. The molecule has 1 atom stereocenters. The second-order valence-corrected chi connectivity index (χ2v) is 2.73. The zero-order valence-corrected chi connectivity index (χ0v) is 7.53. The van der Waals surface area contributed by atoms with Gasteiger partial charge in [-0.05, 0) is 18.1 Å². The maximum absolute atomic E-state index is 10.1. The van der Waals surface area contributed by atoms with Gasteiger partial charge in [0.05, 0.1) is 6.04 Å². The third-order valence-corrected chi connectivity index (χ3v) is 1.91. The summed E-state index contributed by atoms with van der Waals surface area (Å²) in [7, 11) is 0. The van der Waals surface area contributed by atoms with Crippen LogP contribution in [-0.2, 0) is 4.79 Å². The highest BCUT2D eigenvalue weighted by Crippen LogP contribution is 2.20. The van der Waals surface area contributed by atoms with E-state index in [0.717, 1.165) is 11.1 Å². The average molecular weight is 173 g/mol. The maximum atomic E-state index is 10.1. The van der Waals surface area contributed by atoms with Gasteiger partial charge in [-0.2, -0.15) is 4.99 Å². The summed E-state index contributed by atoms with van der Waals surface area (Å²) >= 11 is 0. The van der Waals surface area contributed by atoms with Crippen molar-refractivity contribution in [2.45, 2.75) is 13.0 Å². The molecule has 1 aromatic carbocycles. The lowest BCUT2D eigenvalue weighted by Gasteiger charge is -2.07. The van der Waals surface area contributed by atoms with E-state index in [9.17, 15) is 4.79 Å². The lowest BCUT2D eigenvalue weighted by molar-refractivity contribution is 0.559. The molecule has 1 rings (SSSR count). The fourth-order valence-electron chi connectivity index (χ4n) is 1.23. The summed E-state index contributed by atoms with van der Waals surface area (Å²) in [6.07, 6.45) is 3.31. The minimum absolute atomic E-state index is 0.147. The number of rotatable bonds is 3. The number of carbonyl (C=O) groups excluding carboxylic acids is 1. The van der Waals surface area contributed by atoms with Crippen molar-refractivity contribution in [2.24, 2.45) is 4.99 Å². The Labute approximate surface area is 77.6 Å². The van der Waals surface area contributed by atoms with Gasteiger partial charge in [-0.25, -0.2) is 4.79 Å². The Balaban J connectivity index is 3.11. The van der Waals surface area contributed by atoms with E-state index in [4.69, 9.17) is 0 Å². The summed E-state index contributed by atoms with van der Waals surface area (Å²) in [5.74, 6) is 0. The normalized spacial score (nSPS) is 11.5. The van der Waals surface area contributed by atoms with Gasteiger partial charge in [-0.15, -0.1) is 0 Å². The molecule has 0 aromatic heterocycles. The fraction of sp³-hybridized carbons (Fsp3) is 0.182. The van der Waals surface area contributed by atoms with Crippen molar-refractivity contribution in [2.75, 3.05) is 0 Å². The van der Waals surface area contributed by atoms with E-state index in [1.807, 2.05) is 31.2 Å². The minimum Gasteiger partial charge on any atom is -0.211 e. The second-order valence-electron chi connectivity index (χ2n) is 2.73. The zero-order valence-electron chi connectivity index (χ0n) is 7.53. The number of nitrogens with zero attached hydrogens (tertiary/aromatic N) is 1. The zero-order chi connectivity index (χ0) is 9.68. The third kappa shape index (κ3) is 2.14. The van der Waals surface area contributed by atoms with Gasteiger partial charge in [0.2, 0.25) is 6.08 Å². The predicted molar refractivity (Wildman–Crippen MR) is 53.1 cm³/mol. The molecule has 0 spiro atoms. The van der Waals surface area contributed by atoms with Crippen LogP contribution in [0.4, 0.5) is 0 Å². The summed E-state index contributed by atoms with van der Waals surface area (Å²) in [6.45, 7) is 5.55. The first-order valence-electron chi connectivity index (χ1n) is 4.08. The first-order valence-corrected chi connectivity index (χ1v) is 4.08. The van der Waals surface area contributed by atoms with Crippen molar-refractivity contribution >= 4 is 12.2 Å². The molecule has 2 heteroatoms. The molecule has 2 nitrogen and oxygen atoms in total. The van der Waals surface area contributed by atoms with Gasteiger partial charge in [0.1, 0.15) is 0 Å². The molecule has 0 saturated carbocycles. The Kier molecular flexibility index (Phi) is 3.18. The molecule has 0 aliphatic carbocycles. The van der Waals surface area contributed by atoms with E-state index < -0.39 is 0 Å². The highest BCUT2D eigenvalue weighted by molar-refractivity contribution is 5.53. The second kappa shape index (κ2) is 4.39. The summed E-state index contributed by atoms with van der Waals surface area (Å²) in [5, 5.41) is 0. The van der Waals surface area contributed by atoms with Crippen LogP contribution in [0.5, 0.6) is 0 Å². The number of hydrogen-bond acceptors (Lipinski definition) is 2. The monoisotopic (exact) mass is 173 g/mol. The first kappa shape index (κ1) is 9.43. The standard InChI is InChI=1S/C11H11NO/c1-3-10-6-4-5-7-11(10)9(2)12-8-13/h3-7,9H,1H2,2H3. The lowest BCUT2D eigenvalue weighted by Crippen LogP contribution is -1.92. The van der Waals surface area contributed by atoms with E-state index in [1.54, 1.807) is 12.2 Å². The Hall–Kier alpha value is -1.66. The first-order chi connectivity index (χ1) is 6.29. The molecular formula is C11H11NO. The molecule has 1 aromatic rings. The van der Waals surface area contributed by atoms with Gasteiger partial charge in [0.25, 0.3) is 0 Å². The van der Waals surface area contributed by atoms with Gasteiger partial charge < -0.3 is 0 Å². The van der Waals surface area contributed by atoms with Gasteiger partial charge in [0.15, 0.2) is 0 Å². The fourth-order valence-corrected chi connectivity index (χ4v) is 1.23. The summed E-state index contributed by atoms with van der Waals surface area (Å²) in [5.41, 5.74) is 2.01. The Morgan fingerprint density at radius 1 is 1.54 bits per heavy atom. The molecule has 0 saturated heterocycles. The van der Waals surface area contributed by atoms with Crippen LogP contribution in [0.25, 0.3) is 6.08 Å². The maximum Gasteiger partial charge on any atom is 0.235 e. The van der Waals surface area contributed by atoms with Crippen LogP contribution < -0.4 is 0 Å². The van der Waals surface area contributed by atoms with Crippen molar-refractivity contribution in [1.82, 2.24) is 0 Å². The molecule has 0 radical (unpaired) electrons. The van der Waals surface area contributed by atoms with Crippen molar-refractivity contribution in [3.05, 3.63) is 42.0 Å². The molecule has 0 N–H and O–H groups in total. The van der Waals surface area contributed by atoms with Crippen LogP contribution >= 0.6 is 0 Å². The van der Waals surface area contributed by atoms with Crippen LogP contribution in [0.2, 0.25) is 0 Å². The highest BCUT2D eigenvalue weighted by atomic mass is 16.1. The molecule has 0 fully saturated rings. The van der Waals surface area contributed by atoms with Crippen LogP contribution in [0.3, 0.4) is 0 Å². The van der Waals surface area contributed by atoms with Crippen molar-refractivity contribution in [3.8, 4) is 0 Å². The molecule has 0 aliphatic heterocycles. The lowest BCUT2D eigenvalue weighted by atomic mass is 10.0. The average Bonchev–Trinajstić information content (AvgIpc) is 2.18. The van der Waals surface area contributed by atoms with Gasteiger partial charge in [-0.3, -0.25) is 0 Å². The molecule has 0 heterocycles. The quantitative estimate of drug-likeness (QED) is 0.510. The molecule has 66 valence electrons. The Morgan fingerprint density at radius 3 is 2.85 bits per heavy atom. The molecular weight excluding hydrogens is 162 g/mol. The number of benzene rings is 1. The largest absolute Gasteiger partial charge is 0.235 e. The van der Waals surface area contributed by atoms with E-state index >= 15 is 0 Å². The van der Waals surface area contributed by atoms with Crippen molar-refractivity contribution in [3.63, 3.8) is 0 Å². The van der Waals surface area contributed by atoms with E-state index in [2.05, 4.69) is 11.6 Å². The number of isocyanates is 1. The van der Waals surface area contributed by atoms with Crippen LogP contribution in [0.15, 0.2) is 35.8 Å². The number of hydrogen-bond donors (Lipinski definition) is 0. The van der Waals surface area contributed by atoms with Gasteiger partial charge >= 0.3 is 0 Å². The Bertz CT molecular complexity index is 351. The van der Waals surface area contributed by atoms with Gasteiger partial charge in [-0.1, -0.05) is 36.9 Å². The number of aliphatic imine (C=N–C) groups is 1. The van der Waals surface area contributed by atoms with Crippen molar-refractivity contribution in [1.29, 1.82) is 0 Å². The topological polar surface area (TPSA) is 29.4 Å². The van der Waals surface area contributed by atoms with Crippen LogP contribution in [0.1, 0.15) is 24.1 Å². The third-order valence-electron chi connectivity index (χ3n) is 1.91. The van der Waals surface area contributed by atoms with E-state index in [1.165, 1.54) is 0 Å². The van der Waals surface area contributed by atoms with Crippen LogP contribution in [-0.4, -0.2) is 6.08 Å². The highest BCUT2D eigenvalue weighted by Gasteiger charge is 2.05. The minimum atomic E-state index is -0.147. The summed E-state index contributed by atoms with van der Waals surface area (Å²) in [4.78, 5) is 13.7. The molecule has 1 unspecified atom stereocenters. The predicted octanol–water partition coefficient (Wildman–Crippen LogP) is 2.73.